The van der Waals surface area contributed by atoms with Crippen molar-refractivity contribution in [2.75, 3.05) is 0 Å². The molecule has 0 radical (unpaired) electrons. The van der Waals surface area contributed by atoms with Gasteiger partial charge in [-0.1, -0.05) is 194 Å². The van der Waals surface area contributed by atoms with Crippen molar-refractivity contribution < 1.29 is 0 Å². The van der Waals surface area contributed by atoms with Crippen molar-refractivity contribution in [2.24, 2.45) is 0 Å². The van der Waals surface area contributed by atoms with E-state index < -0.39 is 5.41 Å². The van der Waals surface area contributed by atoms with Gasteiger partial charge in [0.2, 0.25) is 0 Å². The Morgan fingerprint density at radius 1 is 0.254 bits per heavy atom. The first-order chi connectivity index (χ1) is 29.3. The van der Waals surface area contributed by atoms with Crippen LogP contribution >= 0.6 is 0 Å². The first kappa shape index (κ1) is 31.5. The van der Waals surface area contributed by atoms with Crippen molar-refractivity contribution in [3.63, 3.8) is 0 Å². The molecule has 0 aliphatic heterocycles. The van der Waals surface area contributed by atoms with Crippen molar-refractivity contribution in [1.29, 1.82) is 0 Å². The summed E-state index contributed by atoms with van der Waals surface area (Å²) in [5.41, 5.74) is 13.0. The van der Waals surface area contributed by atoms with Crippen molar-refractivity contribution in [3.05, 3.63) is 229 Å². The van der Waals surface area contributed by atoms with E-state index in [-0.39, 0.29) is 0 Å². The second-order valence-corrected chi connectivity index (χ2v) is 16.6. The molecule has 12 aromatic carbocycles. The molecule has 0 heterocycles. The average molecular weight is 743 g/mol. The Kier molecular flexibility index (Phi) is 6.05. The van der Waals surface area contributed by atoms with E-state index in [2.05, 4.69) is 206 Å². The van der Waals surface area contributed by atoms with Crippen LogP contribution in [0.4, 0.5) is 0 Å². The summed E-state index contributed by atoms with van der Waals surface area (Å²) in [7, 11) is 0. The lowest BCUT2D eigenvalue weighted by atomic mass is 9.69. The molecule has 14 rings (SSSR count). The van der Waals surface area contributed by atoms with Gasteiger partial charge in [0.1, 0.15) is 0 Å². The fourth-order valence-electron chi connectivity index (χ4n) is 11.8. The molecule has 270 valence electrons. The smallest absolute Gasteiger partial charge is 0.0619 e. The summed E-state index contributed by atoms with van der Waals surface area (Å²) in [5, 5.41) is 18.2. The van der Waals surface area contributed by atoms with Crippen molar-refractivity contribution >= 4 is 75.4 Å². The summed E-state index contributed by atoms with van der Waals surface area (Å²) in [4.78, 5) is 0. The highest BCUT2D eigenvalue weighted by molar-refractivity contribution is 6.33. The monoisotopic (exact) mass is 742 g/mol. The lowest BCUT2D eigenvalue weighted by Gasteiger charge is -2.32. The second-order valence-electron chi connectivity index (χ2n) is 16.6. The van der Waals surface area contributed by atoms with Gasteiger partial charge in [0.15, 0.2) is 0 Å². The van der Waals surface area contributed by atoms with Gasteiger partial charge in [-0.05, 0) is 143 Å². The van der Waals surface area contributed by atoms with Crippen molar-refractivity contribution in [2.45, 2.75) is 5.41 Å². The van der Waals surface area contributed by atoms with Gasteiger partial charge in [0.05, 0.1) is 5.41 Å². The molecular formula is C59H34. The lowest BCUT2D eigenvalue weighted by Crippen LogP contribution is -2.26. The van der Waals surface area contributed by atoms with Gasteiger partial charge in [0, 0.05) is 0 Å². The van der Waals surface area contributed by atoms with Crippen LogP contribution in [-0.4, -0.2) is 0 Å². The molecule has 1 spiro atoms. The number of benzene rings is 12. The van der Waals surface area contributed by atoms with Crippen LogP contribution in [0.2, 0.25) is 0 Å². The molecule has 0 saturated heterocycles. The minimum absolute atomic E-state index is 0.471. The van der Waals surface area contributed by atoms with Gasteiger partial charge in [-0.25, -0.2) is 0 Å². The summed E-state index contributed by atoms with van der Waals surface area (Å²) >= 11 is 0. The van der Waals surface area contributed by atoms with E-state index in [1.165, 1.54) is 131 Å². The summed E-state index contributed by atoms with van der Waals surface area (Å²) < 4.78 is 0. The second kappa shape index (κ2) is 11.3. The van der Waals surface area contributed by atoms with Gasteiger partial charge in [-0.2, -0.15) is 0 Å². The quantitative estimate of drug-likeness (QED) is 0.147. The average Bonchev–Trinajstić information content (AvgIpc) is 3.79. The van der Waals surface area contributed by atoms with Gasteiger partial charge in [0.25, 0.3) is 0 Å². The van der Waals surface area contributed by atoms with Crippen molar-refractivity contribution in [1.82, 2.24) is 0 Å². The Labute approximate surface area is 341 Å². The predicted molar refractivity (Wildman–Crippen MR) is 251 cm³/mol. The maximum atomic E-state index is 2.51. The van der Waals surface area contributed by atoms with Crippen LogP contribution in [0, 0.1) is 0 Å². The molecule has 0 bridgehead atoms. The summed E-state index contributed by atoms with van der Waals surface area (Å²) in [6.45, 7) is 0. The van der Waals surface area contributed by atoms with Crippen LogP contribution in [0.5, 0.6) is 0 Å². The molecule has 0 saturated carbocycles. The first-order valence-corrected chi connectivity index (χ1v) is 20.8. The van der Waals surface area contributed by atoms with Gasteiger partial charge < -0.3 is 0 Å². The van der Waals surface area contributed by atoms with E-state index in [1.54, 1.807) is 0 Å². The maximum Gasteiger partial charge on any atom is 0.0732 e. The molecule has 0 nitrogen and oxygen atoms in total. The Hall–Kier alpha value is -7.54. The van der Waals surface area contributed by atoms with E-state index in [1.807, 2.05) is 0 Å². The number of fused-ring (bicyclic) bond motifs is 25. The SMILES string of the molecule is c1ccc2c(c1)-c1ccccc1C21c2ccc3ccccc3c2-c2c1c1ccc(-c3cc4c5ccccc5c5ccccc5c4c4ccccc34)cc1c1ccccc21. The Bertz CT molecular complexity index is 3800. The van der Waals surface area contributed by atoms with Crippen LogP contribution in [-0.2, 0) is 5.41 Å². The number of hydrogen-bond donors (Lipinski definition) is 0. The van der Waals surface area contributed by atoms with Gasteiger partial charge in [-0.15, -0.1) is 0 Å². The minimum atomic E-state index is -0.471. The molecule has 2 aliphatic carbocycles. The molecule has 0 N–H and O–H groups in total. The zero-order valence-corrected chi connectivity index (χ0v) is 32.1. The fourth-order valence-corrected chi connectivity index (χ4v) is 11.8. The highest BCUT2D eigenvalue weighted by Gasteiger charge is 2.53. The summed E-state index contributed by atoms with van der Waals surface area (Å²) in [5.74, 6) is 0. The van der Waals surface area contributed by atoms with Gasteiger partial charge >= 0.3 is 0 Å². The molecule has 0 heteroatoms. The minimum Gasteiger partial charge on any atom is -0.0619 e. The molecule has 2 aliphatic rings. The highest BCUT2D eigenvalue weighted by Crippen LogP contribution is 2.66. The zero-order valence-electron chi connectivity index (χ0n) is 32.1. The summed E-state index contributed by atoms with van der Waals surface area (Å²) in [6.07, 6.45) is 0. The topological polar surface area (TPSA) is 0 Å². The lowest BCUT2D eigenvalue weighted by molar-refractivity contribution is 0.802. The van der Waals surface area contributed by atoms with E-state index >= 15 is 0 Å². The molecular weight excluding hydrogens is 709 g/mol. The van der Waals surface area contributed by atoms with Crippen LogP contribution in [0.1, 0.15) is 22.3 Å². The van der Waals surface area contributed by atoms with Crippen molar-refractivity contribution in [3.8, 4) is 33.4 Å². The van der Waals surface area contributed by atoms with Crippen LogP contribution in [0.3, 0.4) is 0 Å². The van der Waals surface area contributed by atoms with E-state index in [0.717, 1.165) is 0 Å². The Balaban J connectivity index is 1.15. The number of hydrogen-bond acceptors (Lipinski definition) is 0. The summed E-state index contributed by atoms with van der Waals surface area (Å²) in [6, 6.07) is 78.1. The van der Waals surface area contributed by atoms with E-state index in [0.29, 0.717) is 0 Å². The first-order valence-electron chi connectivity index (χ1n) is 20.8. The zero-order chi connectivity index (χ0) is 38.4. The number of rotatable bonds is 1. The Morgan fingerprint density at radius 2 is 0.763 bits per heavy atom. The van der Waals surface area contributed by atoms with Crippen LogP contribution in [0.25, 0.3) is 109 Å². The highest BCUT2D eigenvalue weighted by atomic mass is 14.5. The third-order valence-electron chi connectivity index (χ3n) is 14.0. The molecule has 0 atom stereocenters. The molecule has 59 heavy (non-hydrogen) atoms. The largest absolute Gasteiger partial charge is 0.0732 e. The molecule has 0 fully saturated rings. The van der Waals surface area contributed by atoms with Crippen LogP contribution in [0.15, 0.2) is 206 Å². The third-order valence-corrected chi connectivity index (χ3v) is 14.0. The molecule has 12 aromatic rings. The van der Waals surface area contributed by atoms with Crippen LogP contribution < -0.4 is 0 Å². The third kappa shape index (κ3) is 3.85. The maximum absolute atomic E-state index is 2.51. The van der Waals surface area contributed by atoms with E-state index in [9.17, 15) is 0 Å². The molecule has 0 amide bonds. The van der Waals surface area contributed by atoms with Gasteiger partial charge in [-0.3, -0.25) is 0 Å². The predicted octanol–water partition coefficient (Wildman–Crippen LogP) is 15.8. The standard InChI is InChI=1S/C59H34/c1-2-16-37-35(15-1)30-32-54-56(37)57-47-26-10-7-21-42(47)50-33-36(29-31-48(50)58(57)59(54)52-27-13-11-22-43(52)44-23-12-14-28-53(44)59)49-34-51-40-19-4-3-17-38(40)39-18-5-8-24-45(39)55(51)46-25-9-6-20-41(46)49/h1-34H. The fraction of sp³-hybridized carbons (Fsp3) is 0.0169. The normalized spacial score (nSPS) is 13.6. The Morgan fingerprint density at radius 3 is 1.46 bits per heavy atom. The van der Waals surface area contributed by atoms with E-state index in [4.69, 9.17) is 0 Å². The molecule has 0 unspecified atom stereocenters. The molecule has 0 aromatic heterocycles.